The van der Waals surface area contributed by atoms with E-state index in [2.05, 4.69) is 16.3 Å². The molecule has 0 saturated carbocycles. The van der Waals surface area contributed by atoms with Crippen molar-refractivity contribution in [3.63, 3.8) is 0 Å². The summed E-state index contributed by atoms with van der Waals surface area (Å²) in [6.07, 6.45) is 1.72. The van der Waals surface area contributed by atoms with Gasteiger partial charge in [-0.05, 0) is 26.0 Å². The van der Waals surface area contributed by atoms with Gasteiger partial charge in [-0.2, -0.15) is 10.2 Å². The Balaban J connectivity index is 2.43. The Labute approximate surface area is 98.3 Å². The Bertz CT molecular complexity index is 540. The smallest absolute Gasteiger partial charge is 0.140 e. The summed E-state index contributed by atoms with van der Waals surface area (Å²) in [5.41, 5.74) is 2.06. The molecule has 0 fully saturated rings. The first-order valence-electron chi connectivity index (χ1n) is 5.01. The van der Waals surface area contributed by atoms with Crippen LogP contribution in [0.2, 0.25) is 0 Å². The molecule has 0 amide bonds. The van der Waals surface area contributed by atoms with E-state index in [4.69, 9.17) is 0 Å². The molecule has 1 aromatic heterocycles. The molecule has 2 aromatic rings. The van der Waals surface area contributed by atoms with Crippen molar-refractivity contribution in [2.24, 2.45) is 0 Å². The molecule has 0 aliphatic carbocycles. The molecule has 0 bridgehead atoms. The minimum absolute atomic E-state index is 0.169. The number of nitrogens with zero attached hydrogens (tertiary/aromatic N) is 2. The third kappa shape index (κ3) is 2.39. The molecular weight excluding hydrogens is 220 g/mol. The zero-order valence-electron chi connectivity index (χ0n) is 9.23. The summed E-state index contributed by atoms with van der Waals surface area (Å²) < 4.78 is 0. The van der Waals surface area contributed by atoms with Gasteiger partial charge in [0.1, 0.15) is 5.78 Å². The first-order chi connectivity index (χ1) is 7.66. The van der Waals surface area contributed by atoms with Crippen LogP contribution in [-0.4, -0.2) is 21.7 Å². The summed E-state index contributed by atoms with van der Waals surface area (Å²) in [5, 5.41) is 9.07. The second-order valence-electron chi connectivity index (χ2n) is 3.72. The second kappa shape index (κ2) is 4.61. The van der Waals surface area contributed by atoms with Crippen LogP contribution in [0.15, 0.2) is 29.3 Å². The maximum atomic E-state index is 11.0. The van der Waals surface area contributed by atoms with Gasteiger partial charge in [-0.1, -0.05) is 11.6 Å². The minimum atomic E-state index is 0.169. The molecule has 0 atom stereocenters. The maximum absolute atomic E-state index is 11.0. The zero-order chi connectivity index (χ0) is 11.5. The molecule has 0 saturated heterocycles. The largest absolute Gasteiger partial charge is 0.299 e. The molecule has 3 nitrogen and oxygen atoms in total. The fourth-order valence-corrected chi connectivity index (χ4v) is 2.24. The van der Waals surface area contributed by atoms with Gasteiger partial charge in [-0.15, -0.1) is 11.8 Å². The van der Waals surface area contributed by atoms with Crippen LogP contribution in [0.1, 0.15) is 12.5 Å². The van der Waals surface area contributed by atoms with Crippen LogP contribution in [0.3, 0.4) is 0 Å². The third-order valence-electron chi connectivity index (χ3n) is 2.19. The Hall–Kier alpha value is -1.42. The number of fused-ring (bicyclic) bond motifs is 1. The predicted octanol–water partition coefficient (Wildman–Crippen LogP) is 2.62. The monoisotopic (exact) mass is 232 g/mol. The molecule has 0 aliphatic rings. The second-order valence-corrected chi connectivity index (χ2v) is 4.74. The van der Waals surface area contributed by atoms with Gasteiger partial charge in [-0.3, -0.25) is 4.79 Å². The molecule has 2 rings (SSSR count). The molecule has 82 valence electrons. The molecule has 16 heavy (non-hydrogen) atoms. The molecule has 0 N–H and O–H groups in total. The van der Waals surface area contributed by atoms with Crippen LogP contribution in [-0.2, 0) is 4.79 Å². The average Bonchev–Trinajstić information content (AvgIpc) is 2.26. The van der Waals surface area contributed by atoms with E-state index in [1.807, 2.05) is 19.1 Å². The number of Topliss-reactive ketones (excluding diaryl/α,β-unsaturated/α-hetero) is 1. The number of hydrogen-bond acceptors (Lipinski definition) is 4. The van der Waals surface area contributed by atoms with Gasteiger partial charge in [0.25, 0.3) is 0 Å². The summed E-state index contributed by atoms with van der Waals surface area (Å²) in [6, 6.07) is 6.04. The van der Waals surface area contributed by atoms with Crippen LogP contribution in [0.4, 0.5) is 0 Å². The Kier molecular flexibility index (Phi) is 3.19. The number of rotatable bonds is 3. The number of carbonyl (C=O) groups is 1. The van der Waals surface area contributed by atoms with E-state index in [1.54, 1.807) is 13.1 Å². The zero-order valence-corrected chi connectivity index (χ0v) is 10.0. The summed E-state index contributed by atoms with van der Waals surface area (Å²) in [4.78, 5) is 12.0. The third-order valence-corrected chi connectivity index (χ3v) is 3.38. The van der Waals surface area contributed by atoms with E-state index in [0.29, 0.717) is 5.75 Å². The highest BCUT2D eigenvalue weighted by atomic mass is 32.2. The lowest BCUT2D eigenvalue weighted by atomic mass is 10.1. The van der Waals surface area contributed by atoms with Crippen molar-refractivity contribution >= 4 is 28.4 Å². The lowest BCUT2D eigenvalue weighted by Gasteiger charge is -2.04. The number of ketones is 1. The number of aryl methyl sites for hydroxylation is 1. The number of benzene rings is 1. The van der Waals surface area contributed by atoms with Crippen molar-refractivity contribution in [3.05, 3.63) is 30.0 Å². The Morgan fingerprint density at radius 3 is 3.00 bits per heavy atom. The maximum Gasteiger partial charge on any atom is 0.140 e. The molecular formula is C12H12N2OS. The highest BCUT2D eigenvalue weighted by Gasteiger charge is 2.05. The first kappa shape index (κ1) is 11.1. The van der Waals surface area contributed by atoms with Crippen LogP contribution in [0, 0.1) is 6.92 Å². The fourth-order valence-electron chi connectivity index (χ4n) is 1.44. The van der Waals surface area contributed by atoms with Gasteiger partial charge in [-0.25, -0.2) is 0 Å². The Morgan fingerprint density at radius 1 is 1.44 bits per heavy atom. The molecule has 0 aliphatic heterocycles. The average molecular weight is 232 g/mol. The first-order valence-corrected chi connectivity index (χ1v) is 5.99. The summed E-state index contributed by atoms with van der Waals surface area (Å²) in [6.45, 7) is 3.63. The van der Waals surface area contributed by atoms with Crippen molar-refractivity contribution in [3.8, 4) is 0 Å². The van der Waals surface area contributed by atoms with Crippen molar-refractivity contribution in [1.29, 1.82) is 0 Å². The van der Waals surface area contributed by atoms with Crippen LogP contribution < -0.4 is 0 Å². The van der Waals surface area contributed by atoms with E-state index in [0.717, 1.165) is 15.8 Å². The molecule has 1 heterocycles. The highest BCUT2D eigenvalue weighted by Crippen LogP contribution is 2.26. The molecule has 0 unspecified atom stereocenters. The highest BCUT2D eigenvalue weighted by molar-refractivity contribution is 8.00. The summed E-state index contributed by atoms with van der Waals surface area (Å²) in [5.74, 6) is 0.650. The summed E-state index contributed by atoms with van der Waals surface area (Å²) in [7, 11) is 0. The molecule has 4 heteroatoms. The molecule has 0 spiro atoms. The minimum Gasteiger partial charge on any atom is -0.299 e. The van der Waals surface area contributed by atoms with Crippen molar-refractivity contribution in [2.45, 2.75) is 18.7 Å². The molecule has 1 aromatic carbocycles. The Morgan fingerprint density at radius 2 is 2.25 bits per heavy atom. The fraction of sp³-hybridized carbons (Fsp3) is 0.250. The van der Waals surface area contributed by atoms with E-state index in [-0.39, 0.29) is 5.78 Å². The summed E-state index contributed by atoms with van der Waals surface area (Å²) >= 11 is 1.51. The van der Waals surface area contributed by atoms with Crippen LogP contribution in [0.25, 0.3) is 10.9 Å². The standard InChI is InChI=1S/C12H12N2OS/c1-8-3-4-11-10(5-8)12(6-13-14-11)16-7-9(2)15/h3-6H,7H2,1-2H3. The topological polar surface area (TPSA) is 42.9 Å². The van der Waals surface area contributed by atoms with E-state index in [1.165, 1.54) is 17.3 Å². The van der Waals surface area contributed by atoms with Crippen molar-refractivity contribution in [2.75, 3.05) is 5.75 Å². The predicted molar refractivity (Wildman–Crippen MR) is 65.7 cm³/mol. The lowest BCUT2D eigenvalue weighted by molar-refractivity contribution is -0.114. The number of thioether (sulfide) groups is 1. The van der Waals surface area contributed by atoms with Crippen LogP contribution >= 0.6 is 11.8 Å². The SMILES string of the molecule is CC(=O)CSc1cnnc2ccc(C)cc12. The van der Waals surface area contributed by atoms with Gasteiger partial charge in [0.2, 0.25) is 0 Å². The number of aromatic nitrogens is 2. The molecule has 0 radical (unpaired) electrons. The van der Waals surface area contributed by atoms with Crippen LogP contribution in [0.5, 0.6) is 0 Å². The normalized spacial score (nSPS) is 10.6. The van der Waals surface area contributed by atoms with Gasteiger partial charge in [0, 0.05) is 10.3 Å². The number of hydrogen-bond donors (Lipinski definition) is 0. The van der Waals surface area contributed by atoms with Gasteiger partial charge in [0.05, 0.1) is 17.5 Å². The van der Waals surface area contributed by atoms with Gasteiger partial charge in [0.15, 0.2) is 0 Å². The van der Waals surface area contributed by atoms with E-state index >= 15 is 0 Å². The number of carbonyl (C=O) groups excluding carboxylic acids is 1. The van der Waals surface area contributed by atoms with Crippen molar-refractivity contribution in [1.82, 2.24) is 10.2 Å². The van der Waals surface area contributed by atoms with E-state index < -0.39 is 0 Å². The van der Waals surface area contributed by atoms with Gasteiger partial charge < -0.3 is 0 Å². The lowest BCUT2D eigenvalue weighted by Crippen LogP contribution is -1.94. The van der Waals surface area contributed by atoms with E-state index in [9.17, 15) is 4.79 Å². The quantitative estimate of drug-likeness (QED) is 0.763. The van der Waals surface area contributed by atoms with Crippen molar-refractivity contribution < 1.29 is 4.79 Å². The van der Waals surface area contributed by atoms with Gasteiger partial charge >= 0.3 is 0 Å².